The molecule has 0 saturated carbocycles. The first kappa shape index (κ1) is 13.3. The molecule has 1 fully saturated rings. The van der Waals surface area contributed by atoms with Gasteiger partial charge in [-0.05, 0) is 18.2 Å². The number of nitrogens with zero attached hydrogens (tertiary/aromatic N) is 2. The molecule has 2 aromatic heterocycles. The summed E-state index contributed by atoms with van der Waals surface area (Å²) in [5.74, 6) is 2.31. The molecule has 5 heteroatoms. The lowest BCUT2D eigenvalue weighted by Gasteiger charge is -2.27. The summed E-state index contributed by atoms with van der Waals surface area (Å²) in [5.41, 5.74) is 2.20. The predicted molar refractivity (Wildman–Crippen MR) is 85.7 cm³/mol. The molecule has 0 unspecified atom stereocenters. The smallest absolute Gasteiger partial charge is 0.274 e. The Morgan fingerprint density at radius 3 is 2.68 bits per heavy atom. The Balaban J connectivity index is 1.39. The predicted octanol–water partition coefficient (Wildman–Crippen LogP) is 0.282. The lowest BCUT2D eigenvalue weighted by atomic mass is 10.3. The Morgan fingerprint density at radius 2 is 1.91 bits per heavy atom. The molecule has 3 aromatic rings. The zero-order valence-corrected chi connectivity index (χ0v) is 12.5. The number of para-hydroxylation sites is 2. The summed E-state index contributed by atoms with van der Waals surface area (Å²) in [6.45, 7) is 5.41. The zero-order valence-electron chi connectivity index (χ0n) is 12.5. The molecule has 3 heterocycles. The van der Waals surface area contributed by atoms with Gasteiger partial charge in [-0.25, -0.2) is 9.97 Å². The first-order valence-electron chi connectivity index (χ1n) is 7.87. The van der Waals surface area contributed by atoms with Crippen molar-refractivity contribution in [1.29, 1.82) is 0 Å². The van der Waals surface area contributed by atoms with Gasteiger partial charge in [0.1, 0.15) is 32.7 Å². The van der Waals surface area contributed by atoms with Crippen LogP contribution in [0, 0.1) is 0 Å². The first-order valence-corrected chi connectivity index (χ1v) is 7.87. The Kier molecular flexibility index (Phi) is 3.48. The maximum Gasteiger partial charge on any atom is 0.274 e. The van der Waals surface area contributed by atoms with Crippen LogP contribution in [0.4, 0.5) is 5.82 Å². The molecule has 1 aliphatic rings. The number of anilines is 1. The Bertz CT molecular complexity index is 711. The quantitative estimate of drug-likeness (QED) is 0.729. The fourth-order valence-corrected chi connectivity index (χ4v) is 3.15. The van der Waals surface area contributed by atoms with Crippen LogP contribution in [0.5, 0.6) is 0 Å². The maximum atomic E-state index is 4.69. The van der Waals surface area contributed by atoms with Gasteiger partial charge >= 0.3 is 0 Å². The summed E-state index contributed by atoms with van der Waals surface area (Å²) in [5, 5.41) is 0. The summed E-state index contributed by atoms with van der Waals surface area (Å²) in [6.07, 6.45) is 1.99. The molecule has 0 amide bonds. The van der Waals surface area contributed by atoms with Crippen molar-refractivity contribution in [3.05, 3.63) is 54.5 Å². The van der Waals surface area contributed by atoms with Crippen molar-refractivity contribution < 1.29 is 9.88 Å². The summed E-state index contributed by atoms with van der Waals surface area (Å²) >= 11 is 0. The molecule has 112 valence electrons. The van der Waals surface area contributed by atoms with Gasteiger partial charge in [-0.2, -0.15) is 0 Å². The molecule has 5 nitrogen and oxygen atoms in total. The molecule has 3 N–H and O–H groups in total. The number of hydrogen-bond donors (Lipinski definition) is 2. The highest BCUT2D eigenvalue weighted by atomic mass is 15.3. The number of H-pyrrole nitrogens is 2. The normalized spacial score (nSPS) is 16.3. The van der Waals surface area contributed by atoms with Gasteiger partial charge in [-0.3, -0.25) is 4.90 Å². The summed E-state index contributed by atoms with van der Waals surface area (Å²) in [6, 6.07) is 14.5. The van der Waals surface area contributed by atoms with Crippen LogP contribution in [0.3, 0.4) is 0 Å². The van der Waals surface area contributed by atoms with Crippen molar-refractivity contribution >= 4 is 16.9 Å². The highest BCUT2D eigenvalue weighted by molar-refractivity contribution is 5.74. The molecule has 1 aliphatic heterocycles. The first-order chi connectivity index (χ1) is 10.9. The van der Waals surface area contributed by atoms with E-state index in [0.29, 0.717) is 0 Å². The standard InChI is InChI=1S/C17H19N5/c1-2-6-15-14(5-1)19-16(20-15)13-21-9-11-22(12-10-21)17-7-3-4-8-18-17/h1-8H,9-13H2,(H,19,20)/p+2. The number of fused-ring (bicyclic) bond motifs is 1. The Morgan fingerprint density at radius 1 is 1.09 bits per heavy atom. The van der Waals surface area contributed by atoms with Gasteiger partial charge in [0.2, 0.25) is 0 Å². The Labute approximate surface area is 129 Å². The van der Waals surface area contributed by atoms with E-state index in [1.807, 2.05) is 24.4 Å². The van der Waals surface area contributed by atoms with Crippen LogP contribution < -0.4 is 14.8 Å². The SMILES string of the molecule is c1ccc(N2CC[NH+](Cc3nc4ccccc4[nH]3)CC2)[nH+]c1. The van der Waals surface area contributed by atoms with Gasteiger partial charge in [0.15, 0.2) is 5.82 Å². The molecule has 0 atom stereocenters. The van der Waals surface area contributed by atoms with E-state index in [9.17, 15) is 0 Å². The van der Waals surface area contributed by atoms with Crippen LogP contribution >= 0.6 is 0 Å². The largest absolute Gasteiger partial charge is 0.337 e. The van der Waals surface area contributed by atoms with E-state index < -0.39 is 0 Å². The summed E-state index contributed by atoms with van der Waals surface area (Å²) in [4.78, 5) is 15.4. The second-order valence-electron chi connectivity index (χ2n) is 5.86. The van der Waals surface area contributed by atoms with Crippen LogP contribution in [0.15, 0.2) is 48.7 Å². The molecule has 0 bridgehead atoms. The van der Waals surface area contributed by atoms with Gasteiger partial charge in [0.25, 0.3) is 5.82 Å². The van der Waals surface area contributed by atoms with E-state index >= 15 is 0 Å². The third-order valence-electron chi connectivity index (χ3n) is 4.36. The van der Waals surface area contributed by atoms with E-state index in [0.717, 1.165) is 49.6 Å². The number of hydrogen-bond acceptors (Lipinski definition) is 2. The van der Waals surface area contributed by atoms with E-state index in [1.54, 1.807) is 4.90 Å². The lowest BCUT2D eigenvalue weighted by Crippen LogP contribution is -3.13. The van der Waals surface area contributed by atoms with Crippen LogP contribution in [0.2, 0.25) is 0 Å². The topological polar surface area (TPSA) is 50.5 Å². The van der Waals surface area contributed by atoms with E-state index in [2.05, 4.69) is 44.1 Å². The third kappa shape index (κ3) is 2.67. The lowest BCUT2D eigenvalue weighted by molar-refractivity contribution is -0.915. The van der Waals surface area contributed by atoms with E-state index in [1.165, 1.54) is 5.82 Å². The molecular formula is C17H21N5+2. The van der Waals surface area contributed by atoms with Gasteiger partial charge in [-0.1, -0.05) is 18.2 Å². The number of benzene rings is 1. The van der Waals surface area contributed by atoms with Crippen molar-refractivity contribution in [3.8, 4) is 0 Å². The minimum absolute atomic E-state index is 0.973. The second kappa shape index (κ2) is 5.77. The van der Waals surface area contributed by atoms with Gasteiger partial charge < -0.3 is 9.88 Å². The van der Waals surface area contributed by atoms with Gasteiger partial charge in [-0.15, -0.1) is 0 Å². The highest BCUT2D eigenvalue weighted by Crippen LogP contribution is 2.10. The number of quaternary nitrogens is 1. The molecule has 22 heavy (non-hydrogen) atoms. The van der Waals surface area contributed by atoms with Crippen molar-refractivity contribution in [2.24, 2.45) is 0 Å². The second-order valence-corrected chi connectivity index (χ2v) is 5.86. The fraction of sp³-hybridized carbons (Fsp3) is 0.294. The monoisotopic (exact) mass is 295 g/mol. The maximum absolute atomic E-state index is 4.69. The highest BCUT2D eigenvalue weighted by Gasteiger charge is 2.26. The summed E-state index contributed by atoms with van der Waals surface area (Å²) < 4.78 is 0. The van der Waals surface area contributed by atoms with Crippen LogP contribution in [-0.4, -0.2) is 36.1 Å². The number of piperazine rings is 1. The number of aromatic nitrogens is 3. The number of imidazole rings is 1. The van der Waals surface area contributed by atoms with Crippen LogP contribution in [0.1, 0.15) is 5.82 Å². The molecule has 0 aliphatic carbocycles. The number of pyridine rings is 1. The Hall–Kier alpha value is -2.40. The number of nitrogens with one attached hydrogen (secondary N) is 3. The molecule has 1 saturated heterocycles. The van der Waals surface area contributed by atoms with Gasteiger partial charge in [0, 0.05) is 6.07 Å². The minimum atomic E-state index is 0.973. The number of rotatable bonds is 3. The molecule has 0 spiro atoms. The van der Waals surface area contributed by atoms with Crippen molar-refractivity contribution in [2.75, 3.05) is 31.1 Å². The third-order valence-corrected chi connectivity index (χ3v) is 4.36. The fourth-order valence-electron chi connectivity index (χ4n) is 3.15. The van der Waals surface area contributed by atoms with Crippen molar-refractivity contribution in [3.63, 3.8) is 0 Å². The van der Waals surface area contributed by atoms with Crippen molar-refractivity contribution in [2.45, 2.75) is 6.54 Å². The minimum Gasteiger partial charge on any atom is -0.337 e. The average Bonchev–Trinajstić information content (AvgIpc) is 2.98. The molecule has 0 radical (unpaired) electrons. The van der Waals surface area contributed by atoms with Gasteiger partial charge in [0.05, 0.1) is 17.2 Å². The van der Waals surface area contributed by atoms with Crippen molar-refractivity contribution in [1.82, 2.24) is 9.97 Å². The number of aromatic amines is 2. The molecular weight excluding hydrogens is 274 g/mol. The van der Waals surface area contributed by atoms with E-state index in [4.69, 9.17) is 0 Å². The zero-order chi connectivity index (χ0) is 14.8. The molecule has 4 rings (SSSR count). The van der Waals surface area contributed by atoms with Crippen LogP contribution in [0.25, 0.3) is 11.0 Å². The average molecular weight is 295 g/mol. The van der Waals surface area contributed by atoms with E-state index in [-0.39, 0.29) is 0 Å². The summed E-state index contributed by atoms with van der Waals surface area (Å²) in [7, 11) is 0. The molecule has 1 aromatic carbocycles. The van der Waals surface area contributed by atoms with Crippen LogP contribution in [-0.2, 0) is 6.54 Å².